The summed E-state index contributed by atoms with van der Waals surface area (Å²) in [5.74, 6) is 1.72. The van der Waals surface area contributed by atoms with E-state index < -0.39 is 0 Å². The minimum absolute atomic E-state index is 0. The molecule has 1 saturated heterocycles. The van der Waals surface area contributed by atoms with Crippen LogP contribution in [-0.2, 0) is 21.4 Å². The van der Waals surface area contributed by atoms with Gasteiger partial charge in [0.2, 0.25) is 0 Å². The van der Waals surface area contributed by atoms with Crippen molar-refractivity contribution in [2.75, 3.05) is 53.9 Å². The van der Waals surface area contributed by atoms with E-state index in [0.29, 0.717) is 13.2 Å². The first kappa shape index (κ1) is 37.4. The summed E-state index contributed by atoms with van der Waals surface area (Å²) < 4.78 is 22.5. The van der Waals surface area contributed by atoms with Crippen LogP contribution in [0.25, 0.3) is 0 Å². The molecule has 1 heterocycles. The predicted molar refractivity (Wildman–Crippen MR) is 146 cm³/mol. The summed E-state index contributed by atoms with van der Waals surface area (Å²) >= 11 is 10.1. The molecule has 0 saturated carbocycles. The molecule has 3 N–H and O–H groups in total. The Morgan fingerprint density at radius 3 is 1.69 bits per heavy atom. The van der Waals surface area contributed by atoms with Crippen molar-refractivity contribution in [3.63, 3.8) is 0 Å². The van der Waals surface area contributed by atoms with Crippen LogP contribution in [0.15, 0.2) is 45.3 Å². The summed E-state index contributed by atoms with van der Waals surface area (Å²) in [4.78, 5) is 0. The number of hydrogen-bond donors (Lipinski definition) is 3. The number of methoxy groups -OCH3 is 2. The van der Waals surface area contributed by atoms with Gasteiger partial charge in [-0.15, -0.1) is 0 Å². The topological polar surface area (TPSA) is 97.6 Å². The maximum Gasteiger partial charge on any atom is 1.00 e. The van der Waals surface area contributed by atoms with E-state index in [-0.39, 0.29) is 50.8 Å². The van der Waals surface area contributed by atoms with E-state index in [4.69, 9.17) is 34.3 Å². The molecule has 1 fully saturated rings. The quantitative estimate of drug-likeness (QED) is 0.221. The molecular formula is C24H36Br3NaO7. The van der Waals surface area contributed by atoms with Crippen LogP contribution in [-0.4, -0.2) is 69.2 Å². The van der Waals surface area contributed by atoms with E-state index in [1.165, 1.54) is 12.8 Å². The minimum Gasteiger partial charge on any atom is -1.00 e. The number of benzene rings is 2. The third kappa shape index (κ3) is 19.1. The number of aliphatic hydroxyl groups excluding tert-OH is 3. The van der Waals surface area contributed by atoms with Gasteiger partial charge in [-0.3, -0.25) is 0 Å². The molecule has 7 nitrogen and oxygen atoms in total. The summed E-state index contributed by atoms with van der Waals surface area (Å²) in [5, 5.41) is 24.6. The molecule has 0 radical (unpaired) electrons. The molecular weight excluding hydrogens is 663 g/mol. The zero-order valence-corrected chi connectivity index (χ0v) is 27.4. The zero-order valence-electron chi connectivity index (χ0n) is 21.6. The third-order valence-corrected chi connectivity index (χ3v) is 5.64. The molecule has 0 amide bonds. The van der Waals surface area contributed by atoms with Crippen LogP contribution < -0.4 is 39.0 Å². The number of halogens is 3. The van der Waals surface area contributed by atoms with Crippen molar-refractivity contribution >= 4 is 47.8 Å². The molecule has 1 aliphatic rings. The Balaban J connectivity index is -0.000000439. The van der Waals surface area contributed by atoms with Gasteiger partial charge in [0.15, 0.2) is 0 Å². The van der Waals surface area contributed by atoms with Crippen LogP contribution in [0.2, 0.25) is 0 Å². The fourth-order valence-electron chi connectivity index (χ4n) is 2.47. The SMILES string of the molecule is C1CCOC1.COc1ccc(Br)cc1CBr.COc1ccc(Br)cc1COCCO.OCCO.[H-].[Na+]. The molecule has 0 spiro atoms. The molecule has 3 rings (SSSR count). The van der Waals surface area contributed by atoms with E-state index in [0.717, 1.165) is 50.1 Å². The fraction of sp³-hybridized carbons (Fsp3) is 0.500. The van der Waals surface area contributed by atoms with Crippen molar-refractivity contribution in [1.29, 1.82) is 0 Å². The van der Waals surface area contributed by atoms with Gasteiger partial charge in [-0.1, -0.05) is 47.8 Å². The van der Waals surface area contributed by atoms with Crippen LogP contribution in [0.3, 0.4) is 0 Å². The van der Waals surface area contributed by atoms with Gasteiger partial charge >= 0.3 is 29.6 Å². The Morgan fingerprint density at radius 2 is 1.31 bits per heavy atom. The summed E-state index contributed by atoms with van der Waals surface area (Å²) in [6, 6.07) is 11.7. The largest absolute Gasteiger partial charge is 1.00 e. The molecule has 2 aromatic carbocycles. The van der Waals surface area contributed by atoms with Crippen LogP contribution in [0.5, 0.6) is 11.5 Å². The van der Waals surface area contributed by atoms with Crippen molar-refractivity contribution in [3.8, 4) is 11.5 Å². The minimum atomic E-state index is -0.125. The van der Waals surface area contributed by atoms with E-state index in [9.17, 15) is 0 Å². The van der Waals surface area contributed by atoms with E-state index in [1.54, 1.807) is 14.2 Å². The number of rotatable bonds is 8. The number of aliphatic hydroxyl groups is 3. The maximum atomic E-state index is 8.56. The monoisotopic (exact) mass is 696 g/mol. The molecule has 35 heavy (non-hydrogen) atoms. The molecule has 196 valence electrons. The molecule has 2 aromatic rings. The summed E-state index contributed by atoms with van der Waals surface area (Å²) in [7, 11) is 3.30. The van der Waals surface area contributed by atoms with Crippen molar-refractivity contribution in [2.45, 2.75) is 24.8 Å². The van der Waals surface area contributed by atoms with Gasteiger partial charge in [-0.05, 0) is 49.2 Å². The second kappa shape index (κ2) is 25.9. The Morgan fingerprint density at radius 1 is 0.829 bits per heavy atom. The van der Waals surface area contributed by atoms with Gasteiger partial charge in [0.1, 0.15) is 11.5 Å². The molecule has 0 aromatic heterocycles. The van der Waals surface area contributed by atoms with Gasteiger partial charge in [0.05, 0.1) is 47.3 Å². The predicted octanol–water partition coefficient (Wildman–Crippen LogP) is 2.20. The first-order valence-corrected chi connectivity index (χ1v) is 13.4. The van der Waals surface area contributed by atoms with Crippen LogP contribution in [0.4, 0.5) is 0 Å². The fourth-order valence-corrected chi connectivity index (χ4v) is 3.72. The average molecular weight is 699 g/mol. The summed E-state index contributed by atoms with van der Waals surface area (Å²) in [6.45, 7) is 2.58. The van der Waals surface area contributed by atoms with Gasteiger partial charge in [0, 0.05) is 38.6 Å². The van der Waals surface area contributed by atoms with Crippen LogP contribution in [0, 0.1) is 0 Å². The van der Waals surface area contributed by atoms with Crippen LogP contribution in [0.1, 0.15) is 25.4 Å². The number of alkyl halides is 1. The Labute approximate surface area is 257 Å². The molecule has 0 aliphatic carbocycles. The third-order valence-electron chi connectivity index (χ3n) is 4.05. The average Bonchev–Trinajstić information content (AvgIpc) is 3.45. The van der Waals surface area contributed by atoms with E-state index >= 15 is 0 Å². The van der Waals surface area contributed by atoms with Crippen molar-refractivity contribution in [3.05, 3.63) is 56.5 Å². The van der Waals surface area contributed by atoms with Crippen LogP contribution >= 0.6 is 47.8 Å². The van der Waals surface area contributed by atoms with Crippen molar-refractivity contribution in [2.24, 2.45) is 0 Å². The Hall–Kier alpha value is 0.280. The number of ether oxygens (including phenoxy) is 4. The molecule has 11 heteroatoms. The Bertz CT molecular complexity index is 763. The first-order valence-electron chi connectivity index (χ1n) is 10.7. The molecule has 0 bridgehead atoms. The second-order valence-electron chi connectivity index (χ2n) is 6.59. The van der Waals surface area contributed by atoms with Gasteiger partial charge in [0.25, 0.3) is 0 Å². The van der Waals surface area contributed by atoms with E-state index in [1.807, 2.05) is 36.4 Å². The molecule has 1 aliphatic heterocycles. The molecule has 0 unspecified atom stereocenters. The van der Waals surface area contributed by atoms with Crippen molar-refractivity contribution in [1.82, 2.24) is 0 Å². The first-order chi connectivity index (χ1) is 16.5. The second-order valence-corrected chi connectivity index (χ2v) is 8.98. The zero-order chi connectivity index (χ0) is 25.6. The van der Waals surface area contributed by atoms with Gasteiger partial charge < -0.3 is 35.7 Å². The van der Waals surface area contributed by atoms with Crippen molar-refractivity contribution < 1.29 is 65.3 Å². The summed E-state index contributed by atoms with van der Waals surface area (Å²) in [5.41, 5.74) is 2.12. The van der Waals surface area contributed by atoms with Gasteiger partial charge in [-0.25, -0.2) is 0 Å². The normalized spacial score (nSPS) is 11.4. The Kier molecular flexibility index (Phi) is 27.7. The number of hydrogen-bond acceptors (Lipinski definition) is 7. The maximum absolute atomic E-state index is 8.56. The molecule has 0 atom stereocenters. The van der Waals surface area contributed by atoms with Gasteiger partial charge in [-0.2, -0.15) is 0 Å². The smallest absolute Gasteiger partial charge is 1.00 e. The summed E-state index contributed by atoms with van der Waals surface area (Å²) in [6.07, 6.45) is 2.56. The standard InChI is InChI=1S/C10H13BrO3.C8H8Br2O.C4H8O.C2H6O2.Na.H/c1-13-10-3-2-9(11)6-8(10)7-14-5-4-12;1-11-8-3-2-7(10)4-6(8)5-9;1-2-4-5-3-1;3-1-2-4;;/h2-3,6,12H,4-5,7H2,1H3;2-4H,5H2,1H3;1-4H2;3-4H,1-2H2;;/q;;;;+1;-1. The van der Waals surface area contributed by atoms with E-state index in [2.05, 4.69) is 47.8 Å².